The van der Waals surface area contributed by atoms with Crippen LogP contribution in [0, 0.1) is 0 Å². The van der Waals surface area contributed by atoms with E-state index in [1.54, 1.807) is 12.1 Å². The number of alkyl halides is 2. The van der Waals surface area contributed by atoms with E-state index in [0.717, 1.165) is 5.69 Å². The van der Waals surface area contributed by atoms with Crippen LogP contribution in [0.25, 0.3) is 0 Å². The summed E-state index contributed by atoms with van der Waals surface area (Å²) in [5.41, 5.74) is 1.04. The Balaban J connectivity index is 1.88. The Labute approximate surface area is 105 Å². The number of nitrogens with one attached hydrogen (secondary N) is 1. The zero-order valence-electron chi connectivity index (χ0n) is 9.66. The first-order valence-corrected chi connectivity index (χ1v) is 6.93. The van der Waals surface area contributed by atoms with E-state index in [1.165, 1.54) is 32.1 Å². The van der Waals surface area contributed by atoms with Gasteiger partial charge in [0.25, 0.3) is 5.76 Å². The molecule has 1 aliphatic rings. The molecule has 1 aromatic rings. The van der Waals surface area contributed by atoms with E-state index >= 15 is 0 Å². The first-order chi connectivity index (χ1) is 8.24. The molecule has 1 aromatic carbocycles. The average Bonchev–Trinajstić information content (AvgIpc) is 2.32. The van der Waals surface area contributed by atoms with E-state index in [4.69, 9.17) is 0 Å². The Morgan fingerprint density at radius 1 is 1.06 bits per heavy atom. The van der Waals surface area contributed by atoms with Crippen molar-refractivity contribution in [1.29, 1.82) is 0 Å². The van der Waals surface area contributed by atoms with Crippen LogP contribution in [0.5, 0.6) is 0 Å². The maximum Gasteiger partial charge on any atom is 0.288 e. The van der Waals surface area contributed by atoms with Gasteiger partial charge in [0.1, 0.15) is 0 Å². The summed E-state index contributed by atoms with van der Waals surface area (Å²) in [5, 5.41) is 3.46. The quantitative estimate of drug-likeness (QED) is 0.781. The van der Waals surface area contributed by atoms with Gasteiger partial charge in [0, 0.05) is 16.6 Å². The van der Waals surface area contributed by atoms with Crippen LogP contribution in [0.4, 0.5) is 14.5 Å². The largest absolute Gasteiger partial charge is 0.382 e. The van der Waals surface area contributed by atoms with Gasteiger partial charge < -0.3 is 5.32 Å². The van der Waals surface area contributed by atoms with E-state index in [2.05, 4.69) is 5.32 Å². The van der Waals surface area contributed by atoms with Crippen molar-refractivity contribution in [2.24, 2.45) is 0 Å². The number of hydrogen-bond acceptors (Lipinski definition) is 2. The highest BCUT2D eigenvalue weighted by Crippen LogP contribution is 2.27. The van der Waals surface area contributed by atoms with Crippen molar-refractivity contribution < 1.29 is 8.78 Å². The molecule has 1 N–H and O–H groups in total. The van der Waals surface area contributed by atoms with Crippen LogP contribution in [-0.2, 0) is 0 Å². The number of rotatable bonds is 4. The molecule has 0 atom stereocenters. The molecule has 0 amide bonds. The van der Waals surface area contributed by atoms with Gasteiger partial charge in [-0.15, -0.1) is 0 Å². The lowest BCUT2D eigenvalue weighted by Gasteiger charge is -2.23. The molecule has 0 radical (unpaired) electrons. The Bertz CT molecular complexity index is 334. The highest BCUT2D eigenvalue weighted by molar-refractivity contribution is 7.99. The van der Waals surface area contributed by atoms with Crippen LogP contribution in [0.15, 0.2) is 29.2 Å². The third kappa shape index (κ3) is 4.19. The lowest BCUT2D eigenvalue weighted by atomic mass is 9.95. The van der Waals surface area contributed by atoms with Gasteiger partial charge in [-0.1, -0.05) is 31.0 Å². The normalized spacial score (nSPS) is 17.4. The summed E-state index contributed by atoms with van der Waals surface area (Å²) in [6.45, 7) is 0. The minimum atomic E-state index is -2.34. The van der Waals surface area contributed by atoms with Crippen LogP contribution >= 0.6 is 11.8 Å². The second kappa shape index (κ2) is 6.24. The standard InChI is InChI=1S/C13H17F2NS/c14-13(15)17-12-8-6-11(7-9-12)16-10-4-2-1-3-5-10/h6-10,13,16H,1-5H2. The van der Waals surface area contributed by atoms with Crippen molar-refractivity contribution in [3.63, 3.8) is 0 Å². The Morgan fingerprint density at radius 3 is 2.29 bits per heavy atom. The zero-order chi connectivity index (χ0) is 12.1. The van der Waals surface area contributed by atoms with Gasteiger partial charge in [-0.3, -0.25) is 0 Å². The zero-order valence-corrected chi connectivity index (χ0v) is 10.5. The third-order valence-corrected chi connectivity index (χ3v) is 3.78. The molecule has 1 nitrogen and oxygen atoms in total. The van der Waals surface area contributed by atoms with Crippen molar-refractivity contribution in [3.05, 3.63) is 24.3 Å². The molecular weight excluding hydrogens is 240 g/mol. The van der Waals surface area contributed by atoms with Crippen LogP contribution in [0.2, 0.25) is 0 Å². The molecule has 0 unspecified atom stereocenters. The molecule has 2 rings (SSSR count). The van der Waals surface area contributed by atoms with Gasteiger partial charge in [-0.25, -0.2) is 0 Å². The number of anilines is 1. The monoisotopic (exact) mass is 257 g/mol. The van der Waals surface area contributed by atoms with E-state index in [1.807, 2.05) is 12.1 Å². The molecule has 4 heteroatoms. The molecule has 0 aliphatic heterocycles. The summed E-state index contributed by atoms with van der Waals surface area (Å²) in [6.07, 6.45) is 6.34. The highest BCUT2D eigenvalue weighted by Gasteiger charge is 2.12. The highest BCUT2D eigenvalue weighted by atomic mass is 32.2. The molecule has 0 heterocycles. The third-order valence-electron chi connectivity index (χ3n) is 3.06. The first-order valence-electron chi connectivity index (χ1n) is 6.05. The molecule has 1 saturated carbocycles. The first kappa shape index (κ1) is 12.7. The number of thioether (sulfide) groups is 1. The van der Waals surface area contributed by atoms with Gasteiger partial charge in [0.2, 0.25) is 0 Å². The molecule has 0 saturated heterocycles. The number of halogens is 2. The SMILES string of the molecule is FC(F)Sc1ccc(NC2CCCCC2)cc1. The minimum absolute atomic E-state index is 0.553. The van der Waals surface area contributed by atoms with Crippen molar-refractivity contribution in [1.82, 2.24) is 0 Å². The second-order valence-corrected chi connectivity index (χ2v) is 5.45. The Hall–Kier alpha value is -0.770. The van der Waals surface area contributed by atoms with E-state index in [0.29, 0.717) is 22.7 Å². The van der Waals surface area contributed by atoms with Crippen LogP contribution in [0.1, 0.15) is 32.1 Å². The topological polar surface area (TPSA) is 12.0 Å². The van der Waals surface area contributed by atoms with Crippen LogP contribution < -0.4 is 5.32 Å². The van der Waals surface area contributed by atoms with Gasteiger partial charge in [-0.05, 0) is 37.1 Å². The number of hydrogen-bond donors (Lipinski definition) is 1. The lowest BCUT2D eigenvalue weighted by Crippen LogP contribution is -2.22. The smallest absolute Gasteiger partial charge is 0.288 e. The summed E-state index contributed by atoms with van der Waals surface area (Å²) in [6, 6.07) is 7.83. The van der Waals surface area contributed by atoms with E-state index in [9.17, 15) is 8.78 Å². The molecule has 0 bridgehead atoms. The molecule has 0 aromatic heterocycles. The van der Waals surface area contributed by atoms with Crippen LogP contribution in [-0.4, -0.2) is 11.8 Å². The van der Waals surface area contributed by atoms with Crippen molar-refractivity contribution in [3.8, 4) is 0 Å². The average molecular weight is 257 g/mol. The van der Waals surface area contributed by atoms with Gasteiger partial charge >= 0.3 is 0 Å². The molecule has 17 heavy (non-hydrogen) atoms. The molecular formula is C13H17F2NS. The molecule has 1 aliphatic carbocycles. The summed E-state index contributed by atoms with van der Waals surface area (Å²) >= 11 is 0.592. The van der Waals surface area contributed by atoms with E-state index < -0.39 is 5.76 Å². The summed E-state index contributed by atoms with van der Waals surface area (Å²) in [7, 11) is 0. The summed E-state index contributed by atoms with van der Waals surface area (Å²) < 4.78 is 24.3. The maximum absolute atomic E-state index is 12.1. The van der Waals surface area contributed by atoms with E-state index in [-0.39, 0.29) is 0 Å². The molecule has 94 valence electrons. The summed E-state index contributed by atoms with van der Waals surface area (Å²) in [5.74, 6) is -2.34. The van der Waals surface area contributed by atoms with Gasteiger partial charge in [0.05, 0.1) is 0 Å². The van der Waals surface area contributed by atoms with Crippen LogP contribution in [0.3, 0.4) is 0 Å². The molecule has 1 fully saturated rings. The fraction of sp³-hybridized carbons (Fsp3) is 0.538. The van der Waals surface area contributed by atoms with Gasteiger partial charge in [-0.2, -0.15) is 8.78 Å². The maximum atomic E-state index is 12.1. The van der Waals surface area contributed by atoms with Crippen molar-refractivity contribution in [2.45, 2.75) is 48.8 Å². The van der Waals surface area contributed by atoms with Gasteiger partial charge in [0.15, 0.2) is 0 Å². The summed E-state index contributed by atoms with van der Waals surface area (Å²) in [4.78, 5) is 0.620. The lowest BCUT2D eigenvalue weighted by molar-refractivity contribution is 0.252. The predicted octanol–water partition coefficient (Wildman–Crippen LogP) is 4.75. The second-order valence-electron chi connectivity index (χ2n) is 4.38. The fourth-order valence-electron chi connectivity index (χ4n) is 2.22. The fourth-order valence-corrected chi connectivity index (χ4v) is 2.71. The Morgan fingerprint density at radius 2 is 1.71 bits per heavy atom. The van der Waals surface area contributed by atoms with Crippen molar-refractivity contribution >= 4 is 17.4 Å². The Kier molecular flexibility index (Phi) is 4.66. The number of benzene rings is 1. The van der Waals surface area contributed by atoms with Crippen molar-refractivity contribution in [2.75, 3.05) is 5.32 Å². The predicted molar refractivity (Wildman–Crippen MR) is 68.8 cm³/mol. The minimum Gasteiger partial charge on any atom is -0.382 e. The molecule has 0 spiro atoms.